The highest BCUT2D eigenvalue weighted by Crippen LogP contribution is 1.98. The first kappa shape index (κ1) is 6.67. The molecule has 0 unspecified atom stereocenters. The molecule has 0 spiro atoms. The minimum Gasteiger partial charge on any atom is -0.299 e. The predicted molar refractivity (Wildman–Crippen MR) is 47.5 cm³/mol. The summed E-state index contributed by atoms with van der Waals surface area (Å²) in [5.41, 5.74) is 1.21. The van der Waals surface area contributed by atoms with Gasteiger partial charge in [0.15, 0.2) is 0 Å². The summed E-state index contributed by atoms with van der Waals surface area (Å²) < 4.78 is 3.85. The van der Waals surface area contributed by atoms with Gasteiger partial charge in [-0.2, -0.15) is 0 Å². The lowest BCUT2D eigenvalue weighted by atomic mass is 10.1. The molecule has 0 fully saturated rings. The van der Waals surface area contributed by atoms with Crippen molar-refractivity contribution in [2.75, 3.05) is 0 Å². The first-order valence-corrected chi connectivity index (χ1v) is 3.43. The molecule has 9 heavy (non-hydrogen) atoms. The zero-order chi connectivity index (χ0) is 6.69. The monoisotopic (exact) mass is 232 g/mol. The third-order valence-corrected chi connectivity index (χ3v) is 1.51. The van der Waals surface area contributed by atoms with Crippen LogP contribution in [0.3, 0.4) is 0 Å². The van der Waals surface area contributed by atoms with Gasteiger partial charge in [0.05, 0.1) is 34.3 Å². The maximum Gasteiger partial charge on any atom is 0.0945 e. The largest absolute Gasteiger partial charge is 0.299 e. The van der Waals surface area contributed by atoms with Crippen LogP contribution in [0.15, 0.2) is 27.5 Å². The minimum absolute atomic E-state index is 0.479. The molecule has 1 aliphatic carbocycles. The fraction of sp³-hybridized carbons (Fsp3) is 0. The first-order chi connectivity index (χ1) is 4.34. The summed E-state index contributed by atoms with van der Waals surface area (Å²) >= 11 is 1.88. The predicted octanol–water partition coefficient (Wildman–Crippen LogP) is 1.92. The van der Waals surface area contributed by atoms with Gasteiger partial charge in [-0.25, -0.2) is 3.21 Å². The molecule has 0 saturated heterocycles. The number of nitrogens with one attached hydrogen (secondary N) is 1. The second-order valence-corrected chi connectivity index (χ2v) is 2.08. The highest BCUT2D eigenvalue weighted by molar-refractivity contribution is 14.1. The van der Waals surface area contributed by atoms with E-state index in [0.29, 0.717) is 5.71 Å². The van der Waals surface area contributed by atoms with Gasteiger partial charge < -0.3 is 0 Å². The Bertz CT molecular complexity index is 213. The molecule has 3 heteroatoms. The van der Waals surface area contributed by atoms with Crippen LogP contribution in [-0.2, 0) is 0 Å². The molecule has 0 aliphatic heterocycles. The third kappa shape index (κ3) is 1.48. The fourth-order valence-corrected chi connectivity index (χ4v) is 0.968. The van der Waals surface area contributed by atoms with E-state index in [1.54, 1.807) is 6.08 Å². The molecule has 0 amide bonds. The van der Waals surface area contributed by atoms with Crippen molar-refractivity contribution < 1.29 is 0 Å². The van der Waals surface area contributed by atoms with Crippen LogP contribution in [0.4, 0.5) is 0 Å². The van der Waals surface area contributed by atoms with Gasteiger partial charge in [0, 0.05) is 0 Å². The van der Waals surface area contributed by atoms with Gasteiger partial charge in [-0.3, -0.25) is 5.41 Å². The van der Waals surface area contributed by atoms with E-state index in [0.717, 1.165) is 5.71 Å². The Balaban J connectivity index is 2.91. The highest BCUT2D eigenvalue weighted by Gasteiger charge is 2.00. The summed E-state index contributed by atoms with van der Waals surface area (Å²) in [6.45, 7) is 0. The maximum absolute atomic E-state index is 7.27. The molecule has 1 rings (SSSR count). The second kappa shape index (κ2) is 2.91. The first-order valence-electron chi connectivity index (χ1n) is 2.47. The molecule has 0 bridgehead atoms. The molecule has 46 valence electrons. The molecular weight excluding hydrogens is 227 g/mol. The van der Waals surface area contributed by atoms with Crippen LogP contribution in [0.5, 0.6) is 0 Å². The topological polar surface area (TPSA) is 36.2 Å². The smallest absolute Gasteiger partial charge is 0.0945 e. The fourth-order valence-electron chi connectivity index (χ4n) is 0.547. The van der Waals surface area contributed by atoms with Crippen molar-refractivity contribution in [1.29, 1.82) is 5.41 Å². The molecule has 1 N–H and O–H groups in total. The molecule has 0 atom stereocenters. The highest BCUT2D eigenvalue weighted by atomic mass is 127. The van der Waals surface area contributed by atoms with Crippen molar-refractivity contribution in [3.05, 3.63) is 24.3 Å². The Kier molecular flexibility index (Phi) is 2.16. The van der Waals surface area contributed by atoms with E-state index in [4.69, 9.17) is 5.41 Å². The van der Waals surface area contributed by atoms with Gasteiger partial charge in [0.25, 0.3) is 0 Å². The Labute approximate surface area is 67.4 Å². The van der Waals surface area contributed by atoms with Crippen molar-refractivity contribution >= 4 is 34.3 Å². The Morgan fingerprint density at radius 1 is 1.33 bits per heavy atom. The normalized spacial score (nSPS) is 21.4. The molecule has 2 nitrogen and oxygen atoms in total. The van der Waals surface area contributed by atoms with Crippen LogP contribution in [0.2, 0.25) is 0 Å². The van der Waals surface area contributed by atoms with Crippen LogP contribution in [0, 0.1) is 5.41 Å². The molecular formula is C6H5IN2. The molecule has 0 aromatic rings. The number of hydrogen-bond donors (Lipinski definition) is 1. The van der Waals surface area contributed by atoms with Crippen LogP contribution in [-0.4, -0.2) is 11.4 Å². The van der Waals surface area contributed by atoms with Crippen molar-refractivity contribution in [2.45, 2.75) is 0 Å². The zero-order valence-electron chi connectivity index (χ0n) is 4.63. The summed E-state index contributed by atoms with van der Waals surface area (Å²) in [7, 11) is 0. The zero-order valence-corrected chi connectivity index (χ0v) is 6.79. The lowest BCUT2D eigenvalue weighted by molar-refractivity contribution is 1.54. The minimum atomic E-state index is 0.479. The van der Waals surface area contributed by atoms with Crippen molar-refractivity contribution in [3.63, 3.8) is 0 Å². The Morgan fingerprint density at radius 2 is 2.00 bits per heavy atom. The van der Waals surface area contributed by atoms with Gasteiger partial charge in [0.2, 0.25) is 0 Å². The van der Waals surface area contributed by atoms with E-state index in [1.807, 2.05) is 41.1 Å². The number of nitrogens with zero attached hydrogens (tertiary/aromatic N) is 1. The van der Waals surface area contributed by atoms with Crippen molar-refractivity contribution in [3.8, 4) is 0 Å². The number of allylic oxidation sites excluding steroid dienone is 4. The number of halogens is 1. The third-order valence-electron chi connectivity index (χ3n) is 0.995. The van der Waals surface area contributed by atoms with Gasteiger partial charge in [-0.15, -0.1) is 0 Å². The van der Waals surface area contributed by atoms with Crippen molar-refractivity contribution in [1.82, 2.24) is 0 Å². The second-order valence-electron chi connectivity index (χ2n) is 1.60. The average Bonchev–Trinajstić information content (AvgIpc) is 1.89. The number of hydrogen-bond acceptors (Lipinski definition) is 2. The number of rotatable bonds is 0. The van der Waals surface area contributed by atoms with Crippen LogP contribution < -0.4 is 0 Å². The van der Waals surface area contributed by atoms with E-state index < -0.39 is 0 Å². The van der Waals surface area contributed by atoms with Crippen LogP contribution >= 0.6 is 22.9 Å². The van der Waals surface area contributed by atoms with Crippen LogP contribution in [0.1, 0.15) is 0 Å². The Hall–Kier alpha value is -0.450. The summed E-state index contributed by atoms with van der Waals surface area (Å²) in [5.74, 6) is 0. The van der Waals surface area contributed by atoms with E-state index in [2.05, 4.69) is 3.21 Å². The van der Waals surface area contributed by atoms with Gasteiger partial charge in [-0.05, 0) is 12.2 Å². The Morgan fingerprint density at radius 3 is 2.44 bits per heavy atom. The summed E-state index contributed by atoms with van der Waals surface area (Å²) in [4.78, 5) is 0. The average molecular weight is 232 g/mol. The van der Waals surface area contributed by atoms with Gasteiger partial charge in [0.1, 0.15) is 0 Å². The maximum atomic E-state index is 7.27. The van der Waals surface area contributed by atoms with E-state index in [-0.39, 0.29) is 0 Å². The van der Waals surface area contributed by atoms with Crippen molar-refractivity contribution in [2.24, 2.45) is 3.21 Å². The SMILES string of the molecule is N=C1C=CC=CC1=NI. The van der Waals surface area contributed by atoms with Gasteiger partial charge in [-0.1, -0.05) is 12.2 Å². The quantitative estimate of drug-likeness (QED) is 0.489. The molecule has 0 aromatic carbocycles. The summed E-state index contributed by atoms with van der Waals surface area (Å²) in [6, 6.07) is 0. The molecule has 0 heterocycles. The standard InChI is InChI=1S/C6H5IN2/c7-9-6-4-2-1-3-5(6)8/h1-4,8H. The van der Waals surface area contributed by atoms with Gasteiger partial charge >= 0.3 is 0 Å². The van der Waals surface area contributed by atoms with E-state index in [9.17, 15) is 0 Å². The summed E-state index contributed by atoms with van der Waals surface area (Å²) in [6.07, 6.45) is 7.23. The summed E-state index contributed by atoms with van der Waals surface area (Å²) in [5, 5.41) is 7.27. The molecule has 0 aromatic heterocycles. The lowest BCUT2D eigenvalue weighted by Crippen LogP contribution is -2.07. The van der Waals surface area contributed by atoms with E-state index in [1.165, 1.54) is 0 Å². The lowest BCUT2D eigenvalue weighted by Gasteiger charge is -1.97. The van der Waals surface area contributed by atoms with E-state index >= 15 is 0 Å². The molecule has 0 radical (unpaired) electrons. The molecule has 1 aliphatic rings. The van der Waals surface area contributed by atoms with Crippen LogP contribution in [0.25, 0.3) is 0 Å². The molecule has 0 saturated carbocycles.